The monoisotopic (exact) mass is 476 g/mol. The molecule has 0 bridgehead atoms. The molecule has 0 heterocycles. The molecule has 0 fully saturated rings. The van der Waals surface area contributed by atoms with Crippen LogP contribution in [0.1, 0.15) is 6.42 Å². The standard InChI is InChI=1S/C3H2I2N4O8/c4-2(6(10)11,7(12)13)1-3(5,8(14)15)9(16)17/h1H2. The topological polar surface area (TPSA) is 173 Å². The van der Waals surface area contributed by atoms with Gasteiger partial charge in [0.1, 0.15) is 64.9 Å². The molecule has 14 heteroatoms. The van der Waals surface area contributed by atoms with Gasteiger partial charge in [0.15, 0.2) is 0 Å². The fourth-order valence-electron chi connectivity index (χ4n) is 0.678. The normalized spacial score (nSPS) is 11.9. The molecule has 96 valence electrons. The Balaban J connectivity index is 5.53. The smallest absolute Gasteiger partial charge is 0.258 e. The van der Waals surface area contributed by atoms with E-state index in [-0.39, 0.29) is 0 Å². The zero-order valence-electron chi connectivity index (χ0n) is 7.52. The Hall–Kier alpha value is -0.940. The minimum Gasteiger partial charge on any atom is -0.258 e. The molecular formula is C3H2I2N4O8. The summed E-state index contributed by atoms with van der Waals surface area (Å²) in [7, 11) is 0. The molecule has 0 saturated heterocycles. The van der Waals surface area contributed by atoms with Crippen LogP contribution in [0.25, 0.3) is 0 Å². The quantitative estimate of drug-likeness (QED) is 0.134. The third kappa shape index (κ3) is 3.04. The van der Waals surface area contributed by atoms with E-state index in [1.54, 1.807) is 0 Å². The van der Waals surface area contributed by atoms with E-state index in [1.165, 1.54) is 0 Å². The highest BCUT2D eigenvalue weighted by Crippen LogP contribution is 2.36. The van der Waals surface area contributed by atoms with Gasteiger partial charge in [-0.05, 0) is 0 Å². The average molecular weight is 476 g/mol. The van der Waals surface area contributed by atoms with Crippen LogP contribution in [0, 0.1) is 40.5 Å². The van der Waals surface area contributed by atoms with Crippen LogP contribution in [0.15, 0.2) is 0 Å². The van der Waals surface area contributed by atoms with Gasteiger partial charge in [0.2, 0.25) is 0 Å². The molecule has 0 rings (SSSR count). The van der Waals surface area contributed by atoms with E-state index in [0.717, 1.165) is 45.2 Å². The lowest BCUT2D eigenvalue weighted by atomic mass is 10.3. The molecule has 0 N–H and O–H groups in total. The number of nitrogens with zero attached hydrogens (tertiary/aromatic N) is 4. The van der Waals surface area contributed by atoms with Crippen molar-refractivity contribution in [1.82, 2.24) is 0 Å². The van der Waals surface area contributed by atoms with Crippen molar-refractivity contribution in [2.24, 2.45) is 0 Å². The van der Waals surface area contributed by atoms with E-state index < -0.39 is 33.5 Å². The summed E-state index contributed by atoms with van der Waals surface area (Å²) in [5.41, 5.74) is 0. The van der Waals surface area contributed by atoms with Crippen LogP contribution in [0.2, 0.25) is 0 Å². The summed E-state index contributed by atoms with van der Waals surface area (Å²) in [4.78, 5) is 36.3. The van der Waals surface area contributed by atoms with Gasteiger partial charge in [-0.25, -0.2) is 0 Å². The molecule has 0 atom stereocenters. The third-order valence-electron chi connectivity index (χ3n) is 1.57. The van der Waals surface area contributed by atoms with Crippen LogP contribution >= 0.6 is 45.2 Å². The Labute approximate surface area is 119 Å². The van der Waals surface area contributed by atoms with E-state index in [9.17, 15) is 40.5 Å². The number of alkyl halides is 2. The second kappa shape index (κ2) is 5.14. The van der Waals surface area contributed by atoms with Gasteiger partial charge < -0.3 is 0 Å². The summed E-state index contributed by atoms with van der Waals surface area (Å²) in [6.07, 6.45) is -1.48. The molecule has 12 nitrogen and oxygen atoms in total. The van der Waals surface area contributed by atoms with Crippen molar-refractivity contribution in [2.45, 2.75) is 13.8 Å². The average Bonchev–Trinajstić information content (AvgIpc) is 2.15. The lowest BCUT2D eigenvalue weighted by Crippen LogP contribution is -2.51. The predicted octanol–water partition coefficient (Wildman–Crippen LogP) is 0.661. The molecule has 0 amide bonds. The van der Waals surface area contributed by atoms with Crippen molar-refractivity contribution < 1.29 is 19.7 Å². The van der Waals surface area contributed by atoms with Crippen LogP contribution in [0.5, 0.6) is 0 Å². The molecule has 0 aliphatic heterocycles. The molecule has 0 aromatic carbocycles. The maximum absolute atomic E-state index is 10.5. The van der Waals surface area contributed by atoms with E-state index in [1.807, 2.05) is 0 Å². The lowest BCUT2D eigenvalue weighted by molar-refractivity contribution is -0.798. The highest BCUT2D eigenvalue weighted by atomic mass is 127. The summed E-state index contributed by atoms with van der Waals surface area (Å²) >= 11 is 1.47. The third-order valence-corrected chi connectivity index (χ3v) is 3.91. The first kappa shape index (κ1) is 16.1. The van der Waals surface area contributed by atoms with Gasteiger partial charge in [0, 0.05) is 0 Å². The molecule has 0 aromatic rings. The fraction of sp³-hybridized carbons (Fsp3) is 1.00. The summed E-state index contributed by atoms with van der Waals surface area (Å²) in [5, 5.41) is 42.0. The lowest BCUT2D eigenvalue weighted by Gasteiger charge is -2.14. The Kier molecular flexibility index (Phi) is 4.86. The Bertz CT molecular complexity index is 332. The second-order valence-corrected chi connectivity index (χ2v) is 6.10. The number of nitro groups is 4. The van der Waals surface area contributed by atoms with Crippen molar-refractivity contribution in [3.8, 4) is 0 Å². The molecule has 0 radical (unpaired) electrons. The number of halogens is 2. The van der Waals surface area contributed by atoms with Gasteiger partial charge in [-0.3, -0.25) is 40.5 Å². The van der Waals surface area contributed by atoms with Crippen molar-refractivity contribution in [3.63, 3.8) is 0 Å². The molecule has 0 spiro atoms. The molecule has 0 unspecified atom stereocenters. The van der Waals surface area contributed by atoms with Gasteiger partial charge in [0.25, 0.3) is 6.42 Å². The highest BCUT2D eigenvalue weighted by molar-refractivity contribution is 14.1. The van der Waals surface area contributed by atoms with Crippen LogP contribution < -0.4 is 0 Å². The van der Waals surface area contributed by atoms with Gasteiger partial charge in [-0.1, -0.05) is 0 Å². The first-order valence-electron chi connectivity index (χ1n) is 3.44. The van der Waals surface area contributed by atoms with Gasteiger partial charge >= 0.3 is 7.34 Å². The maximum atomic E-state index is 10.5. The van der Waals surface area contributed by atoms with Crippen molar-refractivity contribution in [3.05, 3.63) is 40.5 Å². The molecule has 0 aromatic heterocycles. The van der Waals surface area contributed by atoms with E-state index >= 15 is 0 Å². The Morgan fingerprint density at radius 1 is 0.706 bits per heavy atom. The summed E-state index contributed by atoms with van der Waals surface area (Å²) in [6.45, 7) is 0. The zero-order valence-corrected chi connectivity index (χ0v) is 11.8. The van der Waals surface area contributed by atoms with E-state index in [2.05, 4.69) is 0 Å². The number of hydrogen-bond donors (Lipinski definition) is 0. The predicted molar refractivity (Wildman–Crippen MR) is 66.1 cm³/mol. The fourth-order valence-corrected chi connectivity index (χ4v) is 2.47. The number of rotatable bonds is 6. The largest absolute Gasteiger partial charge is 0.518 e. The second-order valence-electron chi connectivity index (χ2n) is 2.64. The molecular weight excluding hydrogens is 474 g/mol. The van der Waals surface area contributed by atoms with E-state index in [4.69, 9.17) is 0 Å². The van der Waals surface area contributed by atoms with Gasteiger partial charge in [-0.2, -0.15) is 0 Å². The van der Waals surface area contributed by atoms with Crippen LogP contribution in [-0.2, 0) is 0 Å². The van der Waals surface area contributed by atoms with Crippen LogP contribution in [-0.4, -0.2) is 27.0 Å². The molecule has 0 aliphatic rings. The minimum atomic E-state index is -3.03. The highest BCUT2D eigenvalue weighted by Gasteiger charge is 2.70. The SMILES string of the molecule is O=[N+]([O-])C(I)(CC(I)([N+](=O)[O-])[N+](=O)[O-])[N+](=O)[O-]. The first-order valence-corrected chi connectivity index (χ1v) is 5.60. The van der Waals surface area contributed by atoms with Crippen molar-refractivity contribution in [1.29, 1.82) is 0 Å². The molecule has 0 saturated carbocycles. The maximum Gasteiger partial charge on any atom is 0.518 e. The van der Waals surface area contributed by atoms with Crippen LogP contribution in [0.3, 0.4) is 0 Å². The summed E-state index contributed by atoms with van der Waals surface area (Å²) in [6, 6.07) is 0. The Morgan fingerprint density at radius 2 is 0.882 bits per heavy atom. The summed E-state index contributed by atoms with van der Waals surface area (Å²) < 4.78 is -6.06. The van der Waals surface area contributed by atoms with Crippen molar-refractivity contribution >= 4 is 45.2 Å². The Morgan fingerprint density at radius 3 is 1.00 bits per heavy atom. The van der Waals surface area contributed by atoms with Gasteiger partial charge in [0.05, 0.1) is 0 Å². The first-order chi connectivity index (χ1) is 7.48. The number of hydrogen-bond acceptors (Lipinski definition) is 8. The molecule has 0 aliphatic carbocycles. The zero-order chi connectivity index (χ0) is 14.0. The minimum absolute atomic E-state index is 0.735. The van der Waals surface area contributed by atoms with E-state index in [0.29, 0.717) is 0 Å². The molecule has 17 heavy (non-hydrogen) atoms. The van der Waals surface area contributed by atoms with Crippen LogP contribution in [0.4, 0.5) is 0 Å². The van der Waals surface area contributed by atoms with Crippen molar-refractivity contribution in [2.75, 3.05) is 0 Å². The van der Waals surface area contributed by atoms with Gasteiger partial charge in [-0.15, -0.1) is 0 Å². The summed E-state index contributed by atoms with van der Waals surface area (Å²) in [5.74, 6) is 0.